The largest absolute Gasteiger partial charge is 0.380 e. The Morgan fingerprint density at radius 1 is 1.22 bits per heavy atom. The van der Waals surface area contributed by atoms with Gasteiger partial charge in [0.05, 0.1) is 0 Å². The Bertz CT molecular complexity index is 433. The number of hydrogen-bond acceptors (Lipinski definition) is 2. The van der Waals surface area contributed by atoms with E-state index in [1.807, 2.05) is 0 Å². The van der Waals surface area contributed by atoms with Crippen molar-refractivity contribution in [3.63, 3.8) is 0 Å². The Morgan fingerprint density at radius 3 is 2.94 bits per heavy atom. The average molecular weight is 309 g/mol. The highest BCUT2D eigenvalue weighted by Gasteiger charge is 2.35. The summed E-state index contributed by atoms with van der Waals surface area (Å²) in [7, 11) is 0. The van der Waals surface area contributed by atoms with Gasteiger partial charge in [-0.3, -0.25) is 4.90 Å². The molecule has 0 spiro atoms. The van der Waals surface area contributed by atoms with E-state index in [0.717, 1.165) is 6.04 Å². The number of fused-ring (bicyclic) bond motifs is 1. The van der Waals surface area contributed by atoms with Crippen molar-refractivity contribution in [1.82, 2.24) is 4.90 Å². The molecule has 2 unspecified atom stereocenters. The second-order valence-electron chi connectivity index (χ2n) is 5.62. The lowest BCUT2D eigenvalue weighted by Gasteiger charge is -2.33. The molecule has 0 amide bonds. The Balaban J connectivity index is 1.72. The molecule has 2 heterocycles. The van der Waals surface area contributed by atoms with Crippen LogP contribution in [-0.2, 0) is 0 Å². The average Bonchev–Trinajstić information content (AvgIpc) is 2.76. The third-order valence-corrected chi connectivity index (χ3v) is 4.98. The van der Waals surface area contributed by atoms with E-state index in [1.165, 1.54) is 54.5 Å². The maximum atomic E-state index is 3.75. The predicted octanol–water partition coefficient (Wildman–Crippen LogP) is 3.80. The molecule has 2 atom stereocenters. The molecule has 1 N–H and O–H groups in total. The molecule has 1 aromatic carbocycles. The number of piperidine rings is 1. The summed E-state index contributed by atoms with van der Waals surface area (Å²) < 4.78 is 1.19. The highest BCUT2D eigenvalue weighted by Crippen LogP contribution is 2.31. The van der Waals surface area contributed by atoms with E-state index in [1.54, 1.807) is 0 Å². The molecule has 3 rings (SSSR count). The number of nitrogens with one attached hydrogen (secondary N) is 1. The first kappa shape index (κ1) is 12.5. The topological polar surface area (TPSA) is 15.3 Å². The minimum absolute atomic E-state index is 0.629. The van der Waals surface area contributed by atoms with Gasteiger partial charge in [-0.1, -0.05) is 12.5 Å². The van der Waals surface area contributed by atoms with Crippen molar-refractivity contribution in [2.24, 2.45) is 0 Å². The van der Waals surface area contributed by atoms with Crippen LogP contribution >= 0.6 is 15.9 Å². The summed E-state index contributed by atoms with van der Waals surface area (Å²) in [5, 5.41) is 3.75. The van der Waals surface area contributed by atoms with Crippen LogP contribution < -0.4 is 5.32 Å². The highest BCUT2D eigenvalue weighted by atomic mass is 79.9. The van der Waals surface area contributed by atoms with Crippen molar-refractivity contribution in [2.75, 3.05) is 18.4 Å². The maximum Gasteiger partial charge on any atom is 0.0487 e. The monoisotopic (exact) mass is 308 g/mol. The van der Waals surface area contributed by atoms with Gasteiger partial charge in [0, 0.05) is 28.8 Å². The van der Waals surface area contributed by atoms with Crippen LogP contribution in [0.2, 0.25) is 0 Å². The molecule has 0 aromatic heterocycles. The van der Waals surface area contributed by atoms with E-state index in [4.69, 9.17) is 0 Å². The van der Waals surface area contributed by atoms with Gasteiger partial charge < -0.3 is 5.32 Å². The summed E-state index contributed by atoms with van der Waals surface area (Å²) in [4.78, 5) is 2.67. The van der Waals surface area contributed by atoms with Gasteiger partial charge in [-0.05, 0) is 66.4 Å². The summed E-state index contributed by atoms with van der Waals surface area (Å²) in [5.74, 6) is 0. The quantitative estimate of drug-likeness (QED) is 0.894. The normalized spacial score (nSPS) is 28.1. The molecule has 0 radical (unpaired) electrons. The van der Waals surface area contributed by atoms with Gasteiger partial charge >= 0.3 is 0 Å². The van der Waals surface area contributed by atoms with Crippen molar-refractivity contribution < 1.29 is 0 Å². The van der Waals surface area contributed by atoms with Crippen LogP contribution in [0.1, 0.15) is 31.2 Å². The number of halogens is 1. The van der Waals surface area contributed by atoms with Gasteiger partial charge in [-0.25, -0.2) is 0 Å². The first-order chi connectivity index (χ1) is 8.74. The van der Waals surface area contributed by atoms with Crippen molar-refractivity contribution in [3.05, 3.63) is 28.2 Å². The van der Waals surface area contributed by atoms with E-state index < -0.39 is 0 Å². The third kappa shape index (κ3) is 2.43. The second-order valence-corrected chi connectivity index (χ2v) is 6.48. The Kier molecular flexibility index (Phi) is 3.62. The lowest BCUT2D eigenvalue weighted by Crippen LogP contribution is -2.41. The summed E-state index contributed by atoms with van der Waals surface area (Å²) in [5.41, 5.74) is 2.55. The van der Waals surface area contributed by atoms with Crippen molar-refractivity contribution in [3.8, 4) is 0 Å². The zero-order chi connectivity index (χ0) is 12.5. The molecule has 18 heavy (non-hydrogen) atoms. The van der Waals surface area contributed by atoms with Gasteiger partial charge in [0.2, 0.25) is 0 Å². The van der Waals surface area contributed by atoms with E-state index in [0.29, 0.717) is 6.04 Å². The molecule has 2 nitrogen and oxygen atoms in total. The fourth-order valence-electron chi connectivity index (χ4n) is 3.35. The van der Waals surface area contributed by atoms with E-state index in [2.05, 4.69) is 51.3 Å². The van der Waals surface area contributed by atoms with Crippen LogP contribution in [0.5, 0.6) is 0 Å². The zero-order valence-electron chi connectivity index (χ0n) is 11.0. The summed E-state index contributed by atoms with van der Waals surface area (Å²) in [6.07, 6.45) is 5.43. The molecular formula is C15H21BrN2. The first-order valence-corrected chi connectivity index (χ1v) is 7.80. The van der Waals surface area contributed by atoms with Crippen LogP contribution in [0.4, 0.5) is 5.69 Å². The van der Waals surface area contributed by atoms with Crippen LogP contribution in [0.3, 0.4) is 0 Å². The number of anilines is 1. The first-order valence-electron chi connectivity index (χ1n) is 7.01. The molecular weight excluding hydrogens is 288 g/mol. The van der Waals surface area contributed by atoms with Crippen LogP contribution in [0, 0.1) is 6.92 Å². The van der Waals surface area contributed by atoms with Crippen molar-refractivity contribution in [1.29, 1.82) is 0 Å². The number of nitrogens with zero attached hydrogens (tertiary/aromatic N) is 1. The lowest BCUT2D eigenvalue weighted by molar-refractivity contribution is 0.193. The Morgan fingerprint density at radius 2 is 2.11 bits per heavy atom. The molecule has 2 fully saturated rings. The highest BCUT2D eigenvalue weighted by molar-refractivity contribution is 9.10. The predicted molar refractivity (Wildman–Crippen MR) is 80.1 cm³/mol. The number of benzene rings is 1. The summed E-state index contributed by atoms with van der Waals surface area (Å²) >= 11 is 3.67. The van der Waals surface area contributed by atoms with Gasteiger partial charge in [0.1, 0.15) is 0 Å². The second kappa shape index (κ2) is 5.22. The number of hydrogen-bond donors (Lipinski definition) is 1. The maximum absolute atomic E-state index is 3.75. The SMILES string of the molecule is Cc1ccc(NC2CCN3CCCCC23)c(Br)c1. The van der Waals surface area contributed by atoms with Crippen LogP contribution in [0.15, 0.2) is 22.7 Å². The molecule has 0 saturated carbocycles. The Hall–Kier alpha value is -0.540. The smallest absolute Gasteiger partial charge is 0.0487 e. The van der Waals surface area contributed by atoms with Crippen molar-refractivity contribution >= 4 is 21.6 Å². The van der Waals surface area contributed by atoms with Crippen molar-refractivity contribution in [2.45, 2.75) is 44.7 Å². The molecule has 1 aromatic rings. The Labute approximate surface area is 118 Å². The molecule has 0 bridgehead atoms. The molecule has 2 aliphatic rings. The van der Waals surface area contributed by atoms with Gasteiger partial charge in [-0.15, -0.1) is 0 Å². The van der Waals surface area contributed by atoms with Crippen LogP contribution in [0.25, 0.3) is 0 Å². The summed E-state index contributed by atoms with van der Waals surface area (Å²) in [6.45, 7) is 4.71. The number of aryl methyl sites for hydroxylation is 1. The van der Waals surface area contributed by atoms with Crippen LogP contribution in [-0.4, -0.2) is 30.1 Å². The molecule has 3 heteroatoms. The van der Waals surface area contributed by atoms with Gasteiger partial charge in [0.25, 0.3) is 0 Å². The van der Waals surface area contributed by atoms with E-state index in [9.17, 15) is 0 Å². The summed E-state index contributed by atoms with van der Waals surface area (Å²) in [6, 6.07) is 7.96. The zero-order valence-corrected chi connectivity index (χ0v) is 12.5. The van der Waals surface area contributed by atoms with Gasteiger partial charge in [0.15, 0.2) is 0 Å². The van der Waals surface area contributed by atoms with E-state index in [-0.39, 0.29) is 0 Å². The lowest BCUT2D eigenvalue weighted by atomic mass is 9.99. The van der Waals surface area contributed by atoms with Gasteiger partial charge in [-0.2, -0.15) is 0 Å². The third-order valence-electron chi connectivity index (χ3n) is 4.32. The molecule has 2 aliphatic heterocycles. The fourth-order valence-corrected chi connectivity index (χ4v) is 3.96. The number of rotatable bonds is 2. The molecule has 2 saturated heterocycles. The minimum atomic E-state index is 0.629. The fraction of sp³-hybridized carbons (Fsp3) is 0.600. The minimum Gasteiger partial charge on any atom is -0.380 e. The standard InChI is InChI=1S/C15H21BrN2/c1-11-5-6-13(12(16)10-11)17-14-7-9-18-8-3-2-4-15(14)18/h5-6,10,14-15,17H,2-4,7-9H2,1H3. The molecule has 98 valence electrons. The van der Waals surface area contributed by atoms with E-state index >= 15 is 0 Å². The molecule has 0 aliphatic carbocycles.